The number of rotatable bonds is 1. The van der Waals surface area contributed by atoms with Crippen LogP contribution in [0.4, 0.5) is 5.00 Å². The molecule has 4 nitrogen and oxygen atoms in total. The number of amides is 1. The van der Waals surface area contributed by atoms with Crippen molar-refractivity contribution in [2.24, 2.45) is 5.92 Å². The van der Waals surface area contributed by atoms with E-state index >= 15 is 0 Å². The van der Waals surface area contributed by atoms with Crippen molar-refractivity contribution in [3.05, 3.63) is 17.5 Å². The number of fused-ring (bicyclic) bond motifs is 2. The molecule has 5 rings (SSSR count). The number of hydrogen-bond acceptors (Lipinski definition) is 4. The van der Waals surface area contributed by atoms with Gasteiger partial charge >= 0.3 is 0 Å². The van der Waals surface area contributed by atoms with Gasteiger partial charge in [-0.25, -0.2) is 0 Å². The first-order valence-corrected chi connectivity index (χ1v) is 7.43. The maximum Gasteiger partial charge on any atom is 0.254 e. The summed E-state index contributed by atoms with van der Waals surface area (Å²) in [5.41, 5.74) is -0.239. The highest BCUT2D eigenvalue weighted by molar-refractivity contribution is 7.14. The predicted molar refractivity (Wildman–Crippen MR) is 69.4 cm³/mol. The average molecular weight is 264 g/mol. The van der Waals surface area contributed by atoms with Gasteiger partial charge < -0.3 is 4.90 Å². The number of anilines is 1. The van der Waals surface area contributed by atoms with Crippen LogP contribution < -0.4 is 5.06 Å². The quantitative estimate of drug-likeness (QED) is 0.776. The second-order valence-electron chi connectivity index (χ2n) is 5.52. The lowest BCUT2D eigenvalue weighted by Crippen LogP contribution is -2.59. The van der Waals surface area contributed by atoms with E-state index in [0.717, 1.165) is 11.5 Å². The Hall–Kier alpha value is -0.910. The van der Waals surface area contributed by atoms with Crippen LogP contribution in [-0.2, 0) is 9.63 Å². The number of carbonyl (C=O) groups is 1. The maximum absolute atomic E-state index is 12.2. The number of piperidine rings is 3. The molecular formula is C13H16N2O2S. The van der Waals surface area contributed by atoms with Gasteiger partial charge in [0, 0.05) is 6.54 Å². The number of nitrogens with zero attached hydrogens (tertiary/aromatic N) is 2. The fourth-order valence-corrected chi connectivity index (χ4v) is 4.26. The predicted octanol–water partition coefficient (Wildman–Crippen LogP) is 1.88. The Morgan fingerprint density at radius 3 is 2.83 bits per heavy atom. The summed E-state index contributed by atoms with van der Waals surface area (Å²) >= 11 is 1.56. The summed E-state index contributed by atoms with van der Waals surface area (Å²) < 4.78 is 0. The molecular weight excluding hydrogens is 248 g/mol. The Morgan fingerprint density at radius 2 is 2.22 bits per heavy atom. The summed E-state index contributed by atoms with van der Waals surface area (Å²) in [5.74, 6) is 0.669. The van der Waals surface area contributed by atoms with E-state index in [1.165, 1.54) is 31.0 Å². The summed E-state index contributed by atoms with van der Waals surface area (Å²) in [7, 11) is 0. The molecule has 96 valence electrons. The normalized spacial score (nSPS) is 38.9. The van der Waals surface area contributed by atoms with Crippen molar-refractivity contribution in [2.45, 2.75) is 24.9 Å². The van der Waals surface area contributed by atoms with Crippen molar-refractivity contribution < 1.29 is 9.63 Å². The van der Waals surface area contributed by atoms with Gasteiger partial charge in [0.2, 0.25) is 0 Å². The number of hydrogen-bond donors (Lipinski definition) is 0. The molecule has 4 aliphatic heterocycles. The molecule has 18 heavy (non-hydrogen) atoms. The van der Waals surface area contributed by atoms with E-state index in [4.69, 9.17) is 4.84 Å². The zero-order valence-corrected chi connectivity index (χ0v) is 11.0. The van der Waals surface area contributed by atoms with Gasteiger partial charge in [-0.15, -0.1) is 11.3 Å². The Bertz CT molecular complexity index is 467. The first-order chi connectivity index (χ1) is 8.77. The lowest BCUT2D eigenvalue weighted by Gasteiger charge is -2.49. The smallest absolute Gasteiger partial charge is 0.254 e. The third-order valence-corrected chi connectivity index (χ3v) is 5.32. The molecule has 0 aliphatic carbocycles. The minimum atomic E-state index is -0.239. The van der Waals surface area contributed by atoms with Crippen LogP contribution in [0.3, 0.4) is 0 Å². The summed E-state index contributed by atoms with van der Waals surface area (Å²) in [6.45, 7) is 3.26. The first-order valence-electron chi connectivity index (χ1n) is 6.55. The van der Waals surface area contributed by atoms with Crippen molar-refractivity contribution in [3.63, 3.8) is 0 Å². The molecule has 1 amide bonds. The second kappa shape index (κ2) is 3.79. The highest BCUT2D eigenvalue weighted by atomic mass is 32.1. The second-order valence-corrected chi connectivity index (χ2v) is 6.45. The Kier molecular flexibility index (Phi) is 2.31. The zero-order valence-electron chi connectivity index (χ0n) is 10.2. The van der Waals surface area contributed by atoms with Gasteiger partial charge in [-0.3, -0.25) is 9.63 Å². The molecule has 1 spiro atoms. The van der Waals surface area contributed by atoms with Gasteiger partial charge in [0.05, 0.1) is 6.42 Å². The molecule has 0 N–H and O–H groups in total. The highest BCUT2D eigenvalue weighted by Gasteiger charge is 2.55. The molecule has 5 heterocycles. The van der Waals surface area contributed by atoms with Crippen molar-refractivity contribution >= 4 is 22.2 Å². The van der Waals surface area contributed by atoms with Crippen LogP contribution in [0.2, 0.25) is 0 Å². The molecule has 1 aromatic rings. The lowest BCUT2D eigenvalue weighted by atomic mass is 9.74. The summed E-state index contributed by atoms with van der Waals surface area (Å²) in [6, 6.07) is 3.90. The van der Waals surface area contributed by atoms with Crippen LogP contribution >= 0.6 is 11.3 Å². The standard InChI is InChI=1S/C13H16N2O2S/c16-11-8-13(9-14-5-3-10(13)4-6-14)17-15(11)12-2-1-7-18-12/h1-2,7,10H,3-6,8-9H2. The van der Waals surface area contributed by atoms with Gasteiger partial charge in [-0.2, -0.15) is 5.06 Å². The van der Waals surface area contributed by atoms with E-state index in [9.17, 15) is 4.79 Å². The molecule has 0 radical (unpaired) electrons. The zero-order chi connectivity index (χ0) is 12.2. The van der Waals surface area contributed by atoms with Crippen LogP contribution in [0, 0.1) is 5.92 Å². The van der Waals surface area contributed by atoms with E-state index in [-0.39, 0.29) is 11.5 Å². The van der Waals surface area contributed by atoms with Crippen molar-refractivity contribution in [2.75, 3.05) is 24.7 Å². The molecule has 0 saturated carbocycles. The van der Waals surface area contributed by atoms with Gasteiger partial charge in [0.1, 0.15) is 10.6 Å². The third-order valence-electron chi connectivity index (χ3n) is 4.48. The fraction of sp³-hybridized carbons (Fsp3) is 0.615. The van der Waals surface area contributed by atoms with E-state index < -0.39 is 0 Å². The Morgan fingerprint density at radius 1 is 1.39 bits per heavy atom. The minimum Gasteiger partial charge on any atom is -0.300 e. The molecule has 4 aliphatic rings. The van der Waals surface area contributed by atoms with Crippen LogP contribution in [0.25, 0.3) is 0 Å². The molecule has 5 heteroatoms. The molecule has 0 aromatic carbocycles. The monoisotopic (exact) mass is 264 g/mol. The van der Waals surface area contributed by atoms with Crippen molar-refractivity contribution in [3.8, 4) is 0 Å². The van der Waals surface area contributed by atoms with Gasteiger partial charge in [-0.1, -0.05) is 0 Å². The lowest BCUT2D eigenvalue weighted by molar-refractivity contribution is -0.132. The average Bonchev–Trinajstić information content (AvgIpc) is 2.99. The Labute approximate surface area is 110 Å². The van der Waals surface area contributed by atoms with Gasteiger partial charge in [0.15, 0.2) is 0 Å². The summed E-state index contributed by atoms with van der Waals surface area (Å²) in [5, 5.41) is 4.42. The van der Waals surface area contributed by atoms with Crippen molar-refractivity contribution in [1.29, 1.82) is 0 Å². The van der Waals surface area contributed by atoms with E-state index in [1.807, 2.05) is 17.5 Å². The number of hydroxylamine groups is 1. The van der Waals surface area contributed by atoms with Gasteiger partial charge in [-0.05, 0) is 49.4 Å². The van der Waals surface area contributed by atoms with Crippen molar-refractivity contribution in [1.82, 2.24) is 4.90 Å². The topological polar surface area (TPSA) is 32.8 Å². The third kappa shape index (κ3) is 1.47. The van der Waals surface area contributed by atoms with Gasteiger partial charge in [0.25, 0.3) is 5.91 Å². The van der Waals surface area contributed by atoms with E-state index in [2.05, 4.69) is 4.90 Å². The molecule has 1 atom stereocenters. The first kappa shape index (κ1) is 11.0. The molecule has 4 fully saturated rings. The van der Waals surface area contributed by atoms with Crippen LogP contribution in [0.5, 0.6) is 0 Å². The minimum absolute atomic E-state index is 0.117. The maximum atomic E-state index is 12.2. The summed E-state index contributed by atoms with van der Waals surface area (Å²) in [4.78, 5) is 20.8. The number of carbonyl (C=O) groups excluding carboxylic acids is 1. The Balaban J connectivity index is 1.64. The summed E-state index contributed by atoms with van der Waals surface area (Å²) in [6.07, 6.45) is 2.89. The van der Waals surface area contributed by atoms with Crippen LogP contribution in [-0.4, -0.2) is 36.0 Å². The largest absolute Gasteiger partial charge is 0.300 e. The molecule has 1 unspecified atom stereocenters. The number of thiophene rings is 1. The highest BCUT2D eigenvalue weighted by Crippen LogP contribution is 2.46. The van der Waals surface area contributed by atoms with E-state index in [0.29, 0.717) is 12.3 Å². The van der Waals surface area contributed by atoms with Crippen LogP contribution in [0.15, 0.2) is 17.5 Å². The fourth-order valence-electron chi connectivity index (χ4n) is 3.57. The van der Waals surface area contributed by atoms with E-state index in [1.54, 1.807) is 11.3 Å². The van der Waals surface area contributed by atoms with Crippen LogP contribution in [0.1, 0.15) is 19.3 Å². The SMILES string of the molecule is O=C1CC2(CN3CCC2CC3)ON1c1cccs1. The molecule has 1 aromatic heterocycles. The molecule has 4 saturated heterocycles. The molecule has 2 bridgehead atoms.